The van der Waals surface area contributed by atoms with Crippen LogP contribution in [0.25, 0.3) is 0 Å². The van der Waals surface area contributed by atoms with Crippen LogP contribution in [0.15, 0.2) is 30.3 Å². The number of benzene rings is 2. The van der Waals surface area contributed by atoms with Gasteiger partial charge in [-0.25, -0.2) is 4.79 Å². The molecule has 1 unspecified atom stereocenters. The van der Waals surface area contributed by atoms with Gasteiger partial charge in [0, 0.05) is 11.6 Å². The van der Waals surface area contributed by atoms with Crippen molar-refractivity contribution < 1.29 is 14.7 Å². The summed E-state index contributed by atoms with van der Waals surface area (Å²) in [4.78, 5) is 23.8. The highest BCUT2D eigenvalue weighted by Crippen LogP contribution is 2.65. The number of nitrogens with one attached hydrogen (secondary N) is 1. The smallest absolute Gasteiger partial charge is 0.337 e. The van der Waals surface area contributed by atoms with E-state index in [9.17, 15) is 9.59 Å². The second-order valence-electron chi connectivity index (χ2n) is 5.92. The molecule has 2 N–H and O–H groups in total. The Hall–Kier alpha value is -0.880. The van der Waals surface area contributed by atoms with Gasteiger partial charge in [-0.2, -0.15) is 0 Å². The Balaban J connectivity index is 1.84. The molecular weight excluding hydrogens is 479 g/mol. The van der Waals surface area contributed by atoms with Crippen LogP contribution in [0, 0.1) is 5.92 Å². The maximum absolute atomic E-state index is 12.6. The van der Waals surface area contributed by atoms with E-state index in [0.717, 1.165) is 0 Å². The van der Waals surface area contributed by atoms with Crippen molar-refractivity contribution in [1.29, 1.82) is 0 Å². The summed E-state index contributed by atoms with van der Waals surface area (Å²) in [6, 6.07) is 7.21. The average Bonchev–Trinajstić information content (AvgIpc) is 3.16. The number of carbonyl (C=O) groups is 2. The molecule has 0 aromatic heterocycles. The number of hydrogen-bond donors (Lipinski definition) is 2. The summed E-state index contributed by atoms with van der Waals surface area (Å²) in [7, 11) is 0. The lowest BCUT2D eigenvalue weighted by molar-refractivity contribution is -0.117. The van der Waals surface area contributed by atoms with E-state index in [0.29, 0.717) is 5.56 Å². The monoisotopic (exact) mass is 485 g/mol. The second-order valence-corrected chi connectivity index (χ2v) is 8.96. The van der Waals surface area contributed by atoms with Crippen LogP contribution in [0.3, 0.4) is 0 Å². The number of carboxylic acid groups (broad SMARTS) is 1. The maximum atomic E-state index is 12.6. The van der Waals surface area contributed by atoms with Crippen molar-refractivity contribution in [2.75, 3.05) is 5.32 Å². The number of rotatable bonds is 4. The van der Waals surface area contributed by atoms with Gasteiger partial charge in [0.15, 0.2) is 0 Å². The average molecular weight is 488 g/mol. The van der Waals surface area contributed by atoms with Crippen molar-refractivity contribution in [3.05, 3.63) is 61.5 Å². The SMILES string of the molecule is O=C(O)c1cc(NC(=O)[C@H]2C(c3cc(Cl)c(Cl)c(Cl)c3)C2(Cl)Cl)ccc1Cl. The van der Waals surface area contributed by atoms with Gasteiger partial charge < -0.3 is 10.4 Å². The van der Waals surface area contributed by atoms with E-state index in [-0.39, 0.29) is 31.3 Å². The van der Waals surface area contributed by atoms with Gasteiger partial charge in [0.25, 0.3) is 0 Å². The third-order valence-corrected chi connectivity index (χ3v) is 6.63. The van der Waals surface area contributed by atoms with E-state index < -0.39 is 28.0 Å². The Morgan fingerprint density at radius 1 is 0.963 bits per heavy atom. The quantitative estimate of drug-likeness (QED) is 0.381. The van der Waals surface area contributed by atoms with Gasteiger partial charge in [-0.05, 0) is 35.9 Å². The van der Waals surface area contributed by atoms with E-state index >= 15 is 0 Å². The zero-order chi connectivity index (χ0) is 20.1. The van der Waals surface area contributed by atoms with Crippen molar-refractivity contribution in [1.82, 2.24) is 0 Å². The first-order chi connectivity index (χ1) is 12.5. The van der Waals surface area contributed by atoms with Gasteiger partial charge in [0.05, 0.1) is 31.6 Å². The summed E-state index contributed by atoms with van der Waals surface area (Å²) >= 11 is 36.4. The van der Waals surface area contributed by atoms with Crippen molar-refractivity contribution in [3.63, 3.8) is 0 Å². The molecule has 1 aliphatic carbocycles. The minimum Gasteiger partial charge on any atom is -0.478 e. The lowest BCUT2D eigenvalue weighted by Gasteiger charge is -2.07. The fourth-order valence-corrected chi connectivity index (χ4v) is 4.45. The molecule has 0 radical (unpaired) electrons. The Bertz CT molecular complexity index is 939. The van der Waals surface area contributed by atoms with Crippen LogP contribution in [-0.2, 0) is 4.79 Å². The number of anilines is 1. The number of hydrogen-bond acceptors (Lipinski definition) is 2. The molecule has 1 fully saturated rings. The molecule has 0 saturated heterocycles. The largest absolute Gasteiger partial charge is 0.478 e. The number of alkyl halides is 2. The fraction of sp³-hybridized carbons (Fsp3) is 0.176. The number of amides is 1. The minimum absolute atomic E-state index is 0.0549. The van der Waals surface area contributed by atoms with Crippen LogP contribution in [-0.4, -0.2) is 21.3 Å². The molecule has 2 atom stereocenters. The molecule has 2 aromatic rings. The summed E-state index contributed by atoms with van der Waals surface area (Å²) in [6.45, 7) is 0. The molecule has 2 aromatic carbocycles. The van der Waals surface area contributed by atoms with Crippen LogP contribution >= 0.6 is 69.6 Å². The van der Waals surface area contributed by atoms with Crippen molar-refractivity contribution in [2.24, 2.45) is 5.92 Å². The molecule has 1 aliphatic rings. The Morgan fingerprint density at radius 3 is 2.11 bits per heavy atom. The molecule has 1 amide bonds. The molecule has 0 aliphatic heterocycles. The van der Waals surface area contributed by atoms with E-state index in [2.05, 4.69) is 5.32 Å². The van der Waals surface area contributed by atoms with E-state index in [1.54, 1.807) is 12.1 Å². The molecule has 10 heteroatoms. The van der Waals surface area contributed by atoms with Crippen LogP contribution < -0.4 is 5.32 Å². The summed E-state index contributed by atoms with van der Waals surface area (Å²) in [5.74, 6) is -3.04. The van der Waals surface area contributed by atoms with Crippen LogP contribution in [0.5, 0.6) is 0 Å². The summed E-state index contributed by atoms with van der Waals surface area (Å²) < 4.78 is -1.37. The number of carboxylic acids is 1. The second kappa shape index (κ2) is 7.51. The van der Waals surface area contributed by atoms with E-state index in [4.69, 9.17) is 74.7 Å². The van der Waals surface area contributed by atoms with Gasteiger partial charge in [-0.1, -0.05) is 46.4 Å². The molecule has 3 rings (SSSR count). The van der Waals surface area contributed by atoms with Gasteiger partial charge in [0.1, 0.15) is 4.33 Å². The predicted octanol–water partition coefficient (Wildman–Crippen LogP) is 6.52. The highest BCUT2D eigenvalue weighted by molar-refractivity contribution is 6.54. The minimum atomic E-state index is -1.37. The Morgan fingerprint density at radius 2 is 1.56 bits per heavy atom. The van der Waals surface area contributed by atoms with Gasteiger partial charge in [-0.3, -0.25) is 4.79 Å². The molecule has 0 heterocycles. The van der Waals surface area contributed by atoms with Gasteiger partial charge in [0.2, 0.25) is 5.91 Å². The first kappa shape index (κ1) is 20.8. The number of carbonyl (C=O) groups excluding carboxylic acids is 1. The molecule has 1 saturated carbocycles. The topological polar surface area (TPSA) is 66.4 Å². The summed E-state index contributed by atoms with van der Waals surface area (Å²) in [5.41, 5.74) is 0.687. The molecule has 4 nitrogen and oxygen atoms in total. The van der Waals surface area contributed by atoms with Gasteiger partial charge >= 0.3 is 5.97 Å². The van der Waals surface area contributed by atoms with Gasteiger partial charge in [-0.15, -0.1) is 23.2 Å². The number of aromatic carboxylic acids is 1. The number of halogens is 6. The van der Waals surface area contributed by atoms with Crippen LogP contribution in [0.2, 0.25) is 20.1 Å². The summed E-state index contributed by atoms with van der Waals surface area (Å²) in [5, 5.41) is 12.4. The first-order valence-corrected chi connectivity index (χ1v) is 9.66. The molecule has 0 spiro atoms. The lowest BCUT2D eigenvalue weighted by Crippen LogP contribution is -2.17. The maximum Gasteiger partial charge on any atom is 0.337 e. The Labute approximate surface area is 184 Å². The first-order valence-electron chi connectivity index (χ1n) is 7.40. The zero-order valence-corrected chi connectivity index (χ0v) is 17.6. The molecule has 27 heavy (non-hydrogen) atoms. The third kappa shape index (κ3) is 3.98. The third-order valence-electron chi connectivity index (χ3n) is 4.17. The molecule has 142 valence electrons. The van der Waals surface area contributed by atoms with Crippen LogP contribution in [0.4, 0.5) is 5.69 Å². The highest BCUT2D eigenvalue weighted by Gasteiger charge is 2.67. The standard InChI is InChI=1S/C17H9Cl6NO3/c18-9-2-1-7(5-8(9)16(26)27)24-15(25)13-12(17(13,22)23)6-3-10(19)14(21)11(20)4-6/h1-5,12-13H,(H,24,25)(H,26,27)/t12?,13-/m1/s1. The van der Waals surface area contributed by atoms with Crippen molar-refractivity contribution in [3.8, 4) is 0 Å². The zero-order valence-electron chi connectivity index (χ0n) is 13.1. The highest BCUT2D eigenvalue weighted by atomic mass is 35.5. The van der Waals surface area contributed by atoms with Crippen molar-refractivity contribution in [2.45, 2.75) is 10.3 Å². The lowest BCUT2D eigenvalue weighted by atomic mass is 10.1. The molecular formula is C17H9Cl6NO3. The normalized spacial score (nSPS) is 20.2. The predicted molar refractivity (Wildman–Crippen MR) is 109 cm³/mol. The van der Waals surface area contributed by atoms with E-state index in [1.807, 2.05) is 0 Å². The summed E-state index contributed by atoms with van der Waals surface area (Å²) in [6.07, 6.45) is 0. The van der Waals surface area contributed by atoms with E-state index in [1.165, 1.54) is 18.2 Å². The Kier molecular flexibility index (Phi) is 5.80. The fourth-order valence-electron chi connectivity index (χ4n) is 2.81. The van der Waals surface area contributed by atoms with Crippen molar-refractivity contribution >= 4 is 87.2 Å². The molecule has 0 bridgehead atoms. The van der Waals surface area contributed by atoms with Crippen LogP contribution in [0.1, 0.15) is 21.8 Å².